The van der Waals surface area contributed by atoms with Gasteiger partial charge >= 0.3 is 0 Å². The Hall–Kier alpha value is -1.91. The Morgan fingerprint density at radius 1 is 1.18 bits per heavy atom. The molecule has 0 spiro atoms. The molecule has 0 radical (unpaired) electrons. The van der Waals surface area contributed by atoms with Crippen LogP contribution in [0.4, 0.5) is 10.1 Å². The van der Waals surface area contributed by atoms with Gasteiger partial charge in [0.25, 0.3) is 0 Å². The van der Waals surface area contributed by atoms with E-state index < -0.39 is 5.82 Å². The highest BCUT2D eigenvalue weighted by Crippen LogP contribution is 2.32. The number of amides is 1. The lowest BCUT2D eigenvalue weighted by atomic mass is 10.0. The number of anilines is 1. The van der Waals surface area contributed by atoms with Gasteiger partial charge in [-0.3, -0.25) is 4.79 Å². The van der Waals surface area contributed by atoms with Gasteiger partial charge in [0.2, 0.25) is 5.91 Å². The van der Waals surface area contributed by atoms with Gasteiger partial charge in [-0.1, -0.05) is 41.9 Å². The Balaban J connectivity index is 1.89. The Kier molecular flexibility index (Phi) is 4.41. The Labute approximate surface area is 133 Å². The molecular weight excluding hydrogens is 303 g/mol. The van der Waals surface area contributed by atoms with Crippen molar-refractivity contribution in [3.8, 4) is 11.1 Å². The summed E-state index contributed by atoms with van der Waals surface area (Å²) in [5.74, 6) is -0.672. The van der Waals surface area contributed by atoms with Crippen molar-refractivity contribution >= 4 is 23.2 Å². The minimum atomic E-state index is -0.470. The standard InChI is InChI=1S/C17H16ClFN2O/c18-13-7-2-1-5-11(13)12-6-3-8-14(16(12)19)21-17(22)15-9-4-10-20-15/h1-3,5-8,15,20H,4,9-10H2,(H,21,22). The van der Waals surface area contributed by atoms with Crippen LogP contribution in [-0.2, 0) is 4.79 Å². The molecule has 0 bridgehead atoms. The van der Waals surface area contributed by atoms with Crippen molar-refractivity contribution in [2.45, 2.75) is 18.9 Å². The second-order valence-electron chi connectivity index (χ2n) is 5.29. The summed E-state index contributed by atoms with van der Waals surface area (Å²) < 4.78 is 14.7. The number of hydrogen-bond acceptors (Lipinski definition) is 2. The molecule has 0 aliphatic carbocycles. The van der Waals surface area contributed by atoms with Gasteiger partial charge in [-0.25, -0.2) is 4.39 Å². The first-order valence-electron chi connectivity index (χ1n) is 7.24. The van der Waals surface area contributed by atoms with Gasteiger partial charge in [0.15, 0.2) is 5.82 Å². The van der Waals surface area contributed by atoms with Crippen molar-refractivity contribution in [2.24, 2.45) is 0 Å². The summed E-state index contributed by atoms with van der Waals surface area (Å²) in [4.78, 5) is 12.1. The number of carbonyl (C=O) groups is 1. The average Bonchev–Trinajstić information content (AvgIpc) is 3.05. The molecule has 0 aromatic heterocycles. The van der Waals surface area contributed by atoms with Crippen LogP contribution in [0.25, 0.3) is 11.1 Å². The minimum Gasteiger partial charge on any atom is -0.322 e. The summed E-state index contributed by atoms with van der Waals surface area (Å²) in [5.41, 5.74) is 1.16. The fraction of sp³-hybridized carbons (Fsp3) is 0.235. The Morgan fingerprint density at radius 3 is 2.68 bits per heavy atom. The molecule has 1 unspecified atom stereocenters. The summed E-state index contributed by atoms with van der Waals surface area (Å²) in [7, 11) is 0. The molecule has 2 aromatic rings. The maximum absolute atomic E-state index is 14.7. The van der Waals surface area contributed by atoms with Crippen LogP contribution in [0.5, 0.6) is 0 Å². The molecule has 1 atom stereocenters. The van der Waals surface area contributed by atoms with Gasteiger partial charge in [-0.05, 0) is 31.5 Å². The monoisotopic (exact) mass is 318 g/mol. The van der Waals surface area contributed by atoms with Crippen LogP contribution < -0.4 is 10.6 Å². The SMILES string of the molecule is O=C(Nc1cccc(-c2ccccc2Cl)c1F)C1CCCN1. The van der Waals surface area contributed by atoms with E-state index in [9.17, 15) is 9.18 Å². The molecule has 1 fully saturated rings. The predicted octanol–water partition coefficient (Wildman–Crippen LogP) is 3.84. The van der Waals surface area contributed by atoms with E-state index in [0.29, 0.717) is 16.1 Å². The zero-order chi connectivity index (χ0) is 15.5. The number of halogens is 2. The van der Waals surface area contributed by atoms with Crippen LogP contribution in [0.3, 0.4) is 0 Å². The number of carbonyl (C=O) groups excluding carboxylic acids is 1. The molecule has 3 rings (SSSR count). The summed E-state index contributed by atoms with van der Waals surface area (Å²) in [5, 5.41) is 6.23. The van der Waals surface area contributed by atoms with E-state index in [4.69, 9.17) is 11.6 Å². The normalized spacial score (nSPS) is 17.5. The quantitative estimate of drug-likeness (QED) is 0.903. The molecule has 1 saturated heterocycles. The van der Waals surface area contributed by atoms with E-state index in [1.54, 1.807) is 42.5 Å². The van der Waals surface area contributed by atoms with E-state index in [2.05, 4.69) is 10.6 Å². The third-order valence-corrected chi connectivity index (χ3v) is 4.13. The largest absolute Gasteiger partial charge is 0.322 e. The van der Waals surface area contributed by atoms with Gasteiger partial charge in [-0.2, -0.15) is 0 Å². The van der Waals surface area contributed by atoms with Gasteiger partial charge in [-0.15, -0.1) is 0 Å². The maximum atomic E-state index is 14.7. The number of benzene rings is 2. The van der Waals surface area contributed by atoms with Crippen LogP contribution in [0.2, 0.25) is 5.02 Å². The van der Waals surface area contributed by atoms with E-state index in [1.165, 1.54) is 0 Å². The van der Waals surface area contributed by atoms with E-state index in [0.717, 1.165) is 19.4 Å². The first-order chi connectivity index (χ1) is 10.7. The van der Waals surface area contributed by atoms with Gasteiger partial charge in [0, 0.05) is 16.1 Å². The maximum Gasteiger partial charge on any atom is 0.241 e. The molecule has 2 N–H and O–H groups in total. The van der Waals surface area contributed by atoms with Crippen molar-refractivity contribution in [3.05, 3.63) is 53.3 Å². The molecule has 114 valence electrons. The van der Waals surface area contributed by atoms with Crippen molar-refractivity contribution in [2.75, 3.05) is 11.9 Å². The summed E-state index contributed by atoms with van der Waals surface area (Å²) in [6.07, 6.45) is 1.73. The number of hydrogen-bond donors (Lipinski definition) is 2. The van der Waals surface area contributed by atoms with Crippen molar-refractivity contribution in [3.63, 3.8) is 0 Å². The van der Waals surface area contributed by atoms with Crippen molar-refractivity contribution in [1.29, 1.82) is 0 Å². The molecule has 1 aliphatic heterocycles. The molecule has 1 heterocycles. The van der Waals surface area contributed by atoms with E-state index in [1.807, 2.05) is 0 Å². The average molecular weight is 319 g/mol. The van der Waals surface area contributed by atoms with Gasteiger partial charge in [0.1, 0.15) is 0 Å². The first-order valence-corrected chi connectivity index (χ1v) is 7.62. The smallest absolute Gasteiger partial charge is 0.241 e. The third kappa shape index (κ3) is 2.98. The topological polar surface area (TPSA) is 41.1 Å². The molecule has 2 aromatic carbocycles. The Morgan fingerprint density at radius 2 is 1.95 bits per heavy atom. The van der Waals surface area contributed by atoms with Crippen LogP contribution in [-0.4, -0.2) is 18.5 Å². The van der Waals surface area contributed by atoms with Gasteiger partial charge < -0.3 is 10.6 Å². The predicted molar refractivity (Wildman–Crippen MR) is 86.5 cm³/mol. The zero-order valence-electron chi connectivity index (χ0n) is 11.9. The summed E-state index contributed by atoms with van der Waals surface area (Å²) >= 11 is 6.13. The molecule has 22 heavy (non-hydrogen) atoms. The molecule has 0 saturated carbocycles. The molecule has 1 amide bonds. The van der Waals surface area contributed by atoms with Crippen molar-refractivity contribution in [1.82, 2.24) is 5.32 Å². The Bertz CT molecular complexity index is 699. The van der Waals surface area contributed by atoms with Crippen LogP contribution in [0, 0.1) is 5.82 Å². The number of rotatable bonds is 3. The fourth-order valence-electron chi connectivity index (χ4n) is 2.64. The molecule has 1 aliphatic rings. The zero-order valence-corrected chi connectivity index (χ0v) is 12.7. The molecular formula is C17H16ClFN2O. The van der Waals surface area contributed by atoms with Crippen LogP contribution >= 0.6 is 11.6 Å². The highest BCUT2D eigenvalue weighted by atomic mass is 35.5. The van der Waals surface area contributed by atoms with Crippen LogP contribution in [0.1, 0.15) is 12.8 Å². The van der Waals surface area contributed by atoms with E-state index >= 15 is 0 Å². The van der Waals surface area contributed by atoms with E-state index in [-0.39, 0.29) is 17.6 Å². The summed E-state index contributed by atoms with van der Waals surface area (Å²) in [6.45, 7) is 0.820. The van der Waals surface area contributed by atoms with Crippen LogP contribution in [0.15, 0.2) is 42.5 Å². The highest BCUT2D eigenvalue weighted by Gasteiger charge is 2.23. The summed E-state index contributed by atoms with van der Waals surface area (Å²) in [6, 6.07) is 11.7. The first kappa shape index (κ1) is 15.0. The lowest BCUT2D eigenvalue weighted by molar-refractivity contribution is -0.117. The lowest BCUT2D eigenvalue weighted by Gasteiger charge is -2.14. The minimum absolute atomic E-state index is 0.177. The molecule has 5 heteroatoms. The second-order valence-corrected chi connectivity index (χ2v) is 5.69. The molecule has 3 nitrogen and oxygen atoms in total. The fourth-order valence-corrected chi connectivity index (χ4v) is 2.88. The van der Waals surface area contributed by atoms with Crippen molar-refractivity contribution < 1.29 is 9.18 Å². The second kappa shape index (κ2) is 6.46. The van der Waals surface area contributed by atoms with Gasteiger partial charge in [0.05, 0.1) is 11.7 Å². The lowest BCUT2D eigenvalue weighted by Crippen LogP contribution is -2.35. The number of nitrogens with one attached hydrogen (secondary N) is 2. The third-order valence-electron chi connectivity index (χ3n) is 3.80. The highest BCUT2D eigenvalue weighted by molar-refractivity contribution is 6.33.